The molecule has 0 fully saturated rings. The van der Waals surface area contributed by atoms with Crippen molar-refractivity contribution >= 4 is 27.4 Å². The van der Waals surface area contributed by atoms with Crippen LogP contribution in [0.3, 0.4) is 0 Å². The van der Waals surface area contributed by atoms with Crippen molar-refractivity contribution in [1.82, 2.24) is 15.0 Å². The van der Waals surface area contributed by atoms with E-state index in [1.807, 2.05) is 36.4 Å². The highest BCUT2D eigenvalue weighted by Crippen LogP contribution is 2.38. The summed E-state index contributed by atoms with van der Waals surface area (Å²) < 4.78 is 5.14. The number of phenolic OH excluding ortho intramolecular Hbond substituents is 1. The van der Waals surface area contributed by atoms with Crippen molar-refractivity contribution in [2.24, 2.45) is 0 Å². The second-order valence-electron chi connectivity index (χ2n) is 7.19. The standard InChI is InChI=1S/C25H20N4O2S/c1-31-21-10-9-16(12-20(21)30)13-27-24-22-19(17-6-3-2-4-7-17)15-32-25(22)29-23(28-24)18-8-5-11-26-14-18/h2-12,14-15,30H,13H2,1H3,(H,27,28,29). The summed E-state index contributed by atoms with van der Waals surface area (Å²) in [7, 11) is 1.53. The number of rotatable bonds is 6. The molecule has 3 heterocycles. The Hall–Kier alpha value is -3.97. The number of methoxy groups -OCH3 is 1. The van der Waals surface area contributed by atoms with Crippen LogP contribution in [0, 0.1) is 0 Å². The van der Waals surface area contributed by atoms with Gasteiger partial charge < -0.3 is 15.2 Å². The summed E-state index contributed by atoms with van der Waals surface area (Å²) in [5.41, 5.74) is 3.97. The first kappa shape index (κ1) is 20.0. The highest BCUT2D eigenvalue weighted by atomic mass is 32.1. The maximum atomic E-state index is 10.1. The van der Waals surface area contributed by atoms with Gasteiger partial charge in [-0.1, -0.05) is 36.4 Å². The molecule has 7 heteroatoms. The first-order chi connectivity index (χ1) is 15.7. The summed E-state index contributed by atoms with van der Waals surface area (Å²) in [6.07, 6.45) is 3.49. The molecule has 0 bridgehead atoms. The third kappa shape index (κ3) is 3.86. The number of nitrogens with zero attached hydrogens (tertiary/aromatic N) is 3. The number of benzene rings is 2. The minimum Gasteiger partial charge on any atom is -0.504 e. The molecule has 0 aliphatic rings. The van der Waals surface area contributed by atoms with Crippen LogP contribution >= 0.6 is 11.3 Å². The average molecular weight is 441 g/mol. The van der Waals surface area contributed by atoms with Crippen LogP contribution in [0.1, 0.15) is 5.56 Å². The number of anilines is 1. The summed E-state index contributed by atoms with van der Waals surface area (Å²) >= 11 is 1.59. The van der Waals surface area contributed by atoms with E-state index in [1.165, 1.54) is 7.11 Å². The number of ether oxygens (including phenoxy) is 1. The Morgan fingerprint density at radius 1 is 1.00 bits per heavy atom. The highest BCUT2D eigenvalue weighted by Gasteiger charge is 2.16. The third-order valence-electron chi connectivity index (χ3n) is 5.14. The van der Waals surface area contributed by atoms with Crippen LogP contribution in [0.15, 0.2) is 78.4 Å². The van der Waals surface area contributed by atoms with Crippen molar-refractivity contribution < 1.29 is 9.84 Å². The fourth-order valence-corrected chi connectivity index (χ4v) is 4.50. The fraction of sp³-hybridized carbons (Fsp3) is 0.0800. The minimum absolute atomic E-state index is 0.108. The first-order valence-corrected chi connectivity index (χ1v) is 11.0. The van der Waals surface area contributed by atoms with Crippen LogP contribution in [0.2, 0.25) is 0 Å². The third-order valence-corrected chi connectivity index (χ3v) is 6.01. The predicted octanol–water partition coefficient (Wildman–Crippen LogP) is 5.75. The zero-order valence-corrected chi connectivity index (χ0v) is 18.1. The molecule has 0 atom stereocenters. The topological polar surface area (TPSA) is 80.2 Å². The number of fused-ring (bicyclic) bond motifs is 1. The molecule has 2 N–H and O–H groups in total. The van der Waals surface area contributed by atoms with Gasteiger partial charge in [-0.05, 0) is 35.4 Å². The van der Waals surface area contributed by atoms with Crippen LogP contribution in [0.5, 0.6) is 11.5 Å². The molecule has 0 unspecified atom stereocenters. The maximum absolute atomic E-state index is 10.1. The molecular weight excluding hydrogens is 420 g/mol. The Kier molecular flexibility index (Phi) is 5.39. The molecular formula is C25H20N4O2S. The lowest BCUT2D eigenvalue weighted by Gasteiger charge is -2.12. The van der Waals surface area contributed by atoms with E-state index in [-0.39, 0.29) is 5.75 Å². The number of aromatic nitrogens is 3. The van der Waals surface area contributed by atoms with Crippen LogP contribution in [0.4, 0.5) is 5.82 Å². The maximum Gasteiger partial charge on any atom is 0.164 e. The lowest BCUT2D eigenvalue weighted by molar-refractivity contribution is 0.373. The second kappa shape index (κ2) is 8.64. The van der Waals surface area contributed by atoms with E-state index in [2.05, 4.69) is 27.8 Å². The smallest absolute Gasteiger partial charge is 0.164 e. The lowest BCUT2D eigenvalue weighted by atomic mass is 10.1. The molecule has 0 saturated carbocycles. The average Bonchev–Trinajstić information content (AvgIpc) is 3.28. The minimum atomic E-state index is 0.108. The van der Waals surface area contributed by atoms with Gasteiger partial charge in [0.2, 0.25) is 0 Å². The van der Waals surface area contributed by atoms with Gasteiger partial charge in [0.1, 0.15) is 10.6 Å². The van der Waals surface area contributed by atoms with Gasteiger partial charge in [0.15, 0.2) is 17.3 Å². The van der Waals surface area contributed by atoms with Crippen molar-refractivity contribution in [3.63, 3.8) is 0 Å². The van der Waals surface area contributed by atoms with Crippen molar-refractivity contribution in [2.75, 3.05) is 12.4 Å². The number of pyridine rings is 1. The van der Waals surface area contributed by atoms with Gasteiger partial charge in [0.05, 0.1) is 12.5 Å². The van der Waals surface area contributed by atoms with E-state index in [0.717, 1.165) is 38.3 Å². The van der Waals surface area contributed by atoms with Gasteiger partial charge in [-0.15, -0.1) is 11.3 Å². The van der Waals surface area contributed by atoms with Gasteiger partial charge in [0.25, 0.3) is 0 Å². The summed E-state index contributed by atoms with van der Waals surface area (Å²) in [6.45, 7) is 0.486. The van der Waals surface area contributed by atoms with E-state index >= 15 is 0 Å². The van der Waals surface area contributed by atoms with Gasteiger partial charge in [-0.25, -0.2) is 9.97 Å². The molecule has 0 radical (unpaired) electrons. The summed E-state index contributed by atoms with van der Waals surface area (Å²) in [4.78, 5) is 14.8. The van der Waals surface area contributed by atoms with E-state index < -0.39 is 0 Å². The highest BCUT2D eigenvalue weighted by molar-refractivity contribution is 7.17. The number of hydrogen-bond donors (Lipinski definition) is 2. The fourth-order valence-electron chi connectivity index (χ4n) is 3.56. The molecule has 5 aromatic rings. The molecule has 158 valence electrons. The summed E-state index contributed by atoms with van der Waals surface area (Å²) in [6, 6.07) is 19.4. The van der Waals surface area contributed by atoms with Crippen LogP contribution in [0.25, 0.3) is 32.7 Å². The van der Waals surface area contributed by atoms with Gasteiger partial charge in [0, 0.05) is 35.4 Å². The van der Waals surface area contributed by atoms with E-state index in [0.29, 0.717) is 18.1 Å². The number of nitrogens with one attached hydrogen (secondary N) is 1. The van der Waals surface area contributed by atoms with Gasteiger partial charge in [-0.2, -0.15) is 0 Å². The molecule has 0 aliphatic heterocycles. The molecule has 0 aliphatic carbocycles. The molecule has 0 saturated heterocycles. The Labute approximate surface area is 189 Å². The Bertz CT molecular complexity index is 1370. The summed E-state index contributed by atoms with van der Waals surface area (Å²) in [5.74, 6) is 1.91. The first-order valence-electron chi connectivity index (χ1n) is 10.1. The van der Waals surface area contributed by atoms with Crippen molar-refractivity contribution in [3.8, 4) is 34.0 Å². The second-order valence-corrected chi connectivity index (χ2v) is 8.05. The predicted molar refractivity (Wildman–Crippen MR) is 128 cm³/mol. The van der Waals surface area contributed by atoms with E-state index in [1.54, 1.807) is 35.9 Å². The summed E-state index contributed by atoms with van der Waals surface area (Å²) in [5, 5.41) is 16.7. The molecule has 3 aromatic heterocycles. The molecule has 2 aromatic carbocycles. The number of phenols is 1. The van der Waals surface area contributed by atoms with Crippen molar-refractivity contribution in [1.29, 1.82) is 0 Å². The van der Waals surface area contributed by atoms with Crippen LogP contribution in [-0.4, -0.2) is 27.2 Å². The molecule has 0 amide bonds. The normalized spacial score (nSPS) is 10.9. The van der Waals surface area contributed by atoms with Gasteiger partial charge in [-0.3, -0.25) is 4.98 Å². The quantitative estimate of drug-likeness (QED) is 0.350. The van der Waals surface area contributed by atoms with Gasteiger partial charge >= 0.3 is 0 Å². The number of aromatic hydroxyl groups is 1. The Balaban J connectivity index is 1.59. The Morgan fingerprint density at radius 3 is 2.59 bits per heavy atom. The zero-order chi connectivity index (χ0) is 21.9. The van der Waals surface area contributed by atoms with E-state index in [4.69, 9.17) is 14.7 Å². The molecule has 0 spiro atoms. The number of thiophene rings is 1. The molecule has 5 rings (SSSR count). The van der Waals surface area contributed by atoms with Crippen LogP contribution in [-0.2, 0) is 6.54 Å². The largest absolute Gasteiger partial charge is 0.504 e. The zero-order valence-electron chi connectivity index (χ0n) is 17.3. The monoisotopic (exact) mass is 440 g/mol. The number of hydrogen-bond acceptors (Lipinski definition) is 7. The van der Waals surface area contributed by atoms with E-state index in [9.17, 15) is 5.11 Å². The van der Waals surface area contributed by atoms with Crippen molar-refractivity contribution in [2.45, 2.75) is 6.54 Å². The van der Waals surface area contributed by atoms with Crippen LogP contribution < -0.4 is 10.1 Å². The lowest BCUT2D eigenvalue weighted by Crippen LogP contribution is -2.04. The molecule has 32 heavy (non-hydrogen) atoms. The van der Waals surface area contributed by atoms with Crippen molar-refractivity contribution in [3.05, 3.63) is 84.0 Å². The Morgan fingerprint density at radius 2 is 1.84 bits per heavy atom. The SMILES string of the molecule is COc1ccc(CNc2nc(-c3cccnc3)nc3scc(-c4ccccc4)c23)cc1O. The molecule has 6 nitrogen and oxygen atoms in total.